The molecule has 0 spiro atoms. The van der Waals surface area contributed by atoms with Crippen molar-refractivity contribution < 1.29 is 18.5 Å². The van der Waals surface area contributed by atoms with Gasteiger partial charge in [-0.3, -0.25) is 0 Å². The number of rotatable bonds is 1. The van der Waals surface area contributed by atoms with E-state index >= 15 is 0 Å². The summed E-state index contributed by atoms with van der Waals surface area (Å²) in [5, 5.41) is 0. The van der Waals surface area contributed by atoms with Crippen molar-refractivity contribution in [1.29, 1.82) is 0 Å². The maximum absolute atomic E-state index is 5.69. The first-order valence-corrected chi connectivity index (χ1v) is 8.76. The third kappa shape index (κ3) is 2.24. The van der Waals surface area contributed by atoms with Crippen LogP contribution in [0.3, 0.4) is 0 Å². The Morgan fingerprint density at radius 2 is 1.82 bits per heavy atom. The molecule has 0 N–H and O–H groups in total. The van der Waals surface area contributed by atoms with Gasteiger partial charge in [-0.1, -0.05) is 0 Å². The van der Waals surface area contributed by atoms with Crippen molar-refractivity contribution in [3.8, 4) is 0 Å². The van der Waals surface area contributed by atoms with Crippen LogP contribution in [0.1, 0.15) is 11.1 Å². The van der Waals surface area contributed by atoms with Crippen LogP contribution in [0.5, 0.6) is 0 Å². The SMILES string of the molecule is Cc1cccc(C)c1[N]=[Ta][Cl]. The Balaban J connectivity index is 3.20. The molecule has 0 aliphatic carbocycles. The third-order valence-corrected chi connectivity index (χ3v) is 3.19. The number of benzene rings is 1. The van der Waals surface area contributed by atoms with E-state index in [1.54, 1.807) is 0 Å². The summed E-state index contributed by atoms with van der Waals surface area (Å²) in [6.07, 6.45) is 0. The van der Waals surface area contributed by atoms with Crippen LogP contribution in [0, 0.1) is 13.8 Å². The van der Waals surface area contributed by atoms with E-state index in [4.69, 9.17) is 9.19 Å². The summed E-state index contributed by atoms with van der Waals surface area (Å²) in [4.78, 5) is 0. The van der Waals surface area contributed by atoms with Gasteiger partial charge in [-0.25, -0.2) is 0 Å². The molecule has 0 saturated carbocycles. The third-order valence-electron chi connectivity index (χ3n) is 1.58. The Morgan fingerprint density at radius 1 is 1.27 bits per heavy atom. The zero-order chi connectivity index (χ0) is 8.27. The van der Waals surface area contributed by atoms with Crippen LogP contribution in [0.2, 0.25) is 0 Å². The summed E-state index contributed by atoms with van der Waals surface area (Å²) in [5.41, 5.74) is 3.57. The molecule has 0 saturated heterocycles. The van der Waals surface area contributed by atoms with E-state index in [1.165, 1.54) is 11.1 Å². The Morgan fingerprint density at radius 3 is 2.27 bits per heavy atom. The minimum atomic E-state index is -1.05. The van der Waals surface area contributed by atoms with Crippen LogP contribution in [0.25, 0.3) is 0 Å². The van der Waals surface area contributed by atoms with E-state index in [2.05, 4.69) is 29.3 Å². The van der Waals surface area contributed by atoms with Gasteiger partial charge in [-0.15, -0.1) is 0 Å². The van der Waals surface area contributed by atoms with E-state index < -0.39 is 18.5 Å². The van der Waals surface area contributed by atoms with Crippen LogP contribution in [0.4, 0.5) is 5.69 Å². The normalized spacial score (nSPS) is 10.8. The summed E-state index contributed by atoms with van der Waals surface area (Å²) < 4.78 is 4.35. The van der Waals surface area contributed by atoms with Crippen molar-refractivity contribution in [2.45, 2.75) is 13.8 Å². The molecule has 11 heavy (non-hydrogen) atoms. The quantitative estimate of drug-likeness (QED) is 0.746. The van der Waals surface area contributed by atoms with Crippen LogP contribution < -0.4 is 0 Å². The van der Waals surface area contributed by atoms with Gasteiger partial charge in [0.05, 0.1) is 0 Å². The summed E-state index contributed by atoms with van der Waals surface area (Å²) >= 11 is -1.05. The van der Waals surface area contributed by atoms with Crippen molar-refractivity contribution in [1.82, 2.24) is 0 Å². The molecule has 0 aliphatic heterocycles. The molecule has 0 fully saturated rings. The number of aryl methyl sites for hydroxylation is 2. The average molecular weight is 336 g/mol. The molecule has 0 heterocycles. The zero-order valence-corrected chi connectivity index (χ0v) is 10.5. The van der Waals surface area contributed by atoms with E-state index in [0.717, 1.165) is 5.69 Å². The molecular formula is C8H9ClNTa. The van der Waals surface area contributed by atoms with Gasteiger partial charge in [0.1, 0.15) is 0 Å². The second-order valence-electron chi connectivity index (χ2n) is 2.42. The Kier molecular flexibility index (Phi) is 3.47. The molecule has 1 aromatic rings. The Labute approximate surface area is 79.8 Å². The molecule has 0 amide bonds. The van der Waals surface area contributed by atoms with Crippen LogP contribution in [-0.2, 0) is 18.5 Å². The molecule has 1 nitrogen and oxygen atoms in total. The molecule has 0 aliphatic rings. The summed E-state index contributed by atoms with van der Waals surface area (Å²) in [5.74, 6) is 0. The minimum absolute atomic E-state index is 1.05. The molecular weight excluding hydrogens is 326 g/mol. The number of hydrogen-bond acceptors (Lipinski definition) is 1. The fourth-order valence-electron chi connectivity index (χ4n) is 1.00. The summed E-state index contributed by atoms with van der Waals surface area (Å²) in [6.45, 7) is 4.14. The standard InChI is InChI=1S/C8H9N.ClH.Ta/c1-6-4-3-5-7(2)8(6)9;;/h3-5H,1-2H3;1H;/q;;+1/p-1. The molecule has 58 valence electrons. The molecule has 0 radical (unpaired) electrons. The molecule has 0 unspecified atom stereocenters. The predicted octanol–water partition coefficient (Wildman–Crippen LogP) is 3.35. The van der Waals surface area contributed by atoms with Gasteiger partial charge in [0, 0.05) is 0 Å². The first-order chi connectivity index (χ1) is 5.25. The number of halogens is 1. The molecule has 1 rings (SSSR count). The van der Waals surface area contributed by atoms with Crippen LogP contribution in [-0.4, -0.2) is 0 Å². The predicted molar refractivity (Wildman–Crippen MR) is 43.9 cm³/mol. The Bertz CT molecular complexity index is 263. The Hall–Kier alpha value is 0.0503. The fourth-order valence-corrected chi connectivity index (χ4v) is 3.02. The number of hydrogen-bond donors (Lipinski definition) is 0. The van der Waals surface area contributed by atoms with Crippen molar-refractivity contribution in [2.75, 3.05) is 0 Å². The van der Waals surface area contributed by atoms with E-state index in [9.17, 15) is 0 Å². The van der Waals surface area contributed by atoms with E-state index in [0.29, 0.717) is 0 Å². The van der Waals surface area contributed by atoms with Gasteiger partial charge < -0.3 is 0 Å². The zero-order valence-electron chi connectivity index (χ0n) is 6.50. The van der Waals surface area contributed by atoms with Gasteiger partial charge >= 0.3 is 79.9 Å². The van der Waals surface area contributed by atoms with E-state index in [1.807, 2.05) is 6.07 Å². The van der Waals surface area contributed by atoms with Gasteiger partial charge in [-0.05, 0) is 0 Å². The maximum atomic E-state index is 5.69. The molecule has 0 bridgehead atoms. The molecule has 0 atom stereocenters. The second-order valence-corrected chi connectivity index (χ2v) is 4.92. The van der Waals surface area contributed by atoms with Gasteiger partial charge in [0.2, 0.25) is 0 Å². The second kappa shape index (κ2) is 4.17. The van der Waals surface area contributed by atoms with Gasteiger partial charge in [0.15, 0.2) is 0 Å². The monoisotopic (exact) mass is 335 g/mol. The van der Waals surface area contributed by atoms with Crippen LogP contribution in [0.15, 0.2) is 21.5 Å². The van der Waals surface area contributed by atoms with Crippen molar-refractivity contribution >= 4 is 14.9 Å². The first-order valence-electron chi connectivity index (χ1n) is 3.34. The molecule has 1 aromatic carbocycles. The van der Waals surface area contributed by atoms with Crippen molar-refractivity contribution in [3.63, 3.8) is 0 Å². The topological polar surface area (TPSA) is 12.4 Å². The molecule has 3 heteroatoms. The first kappa shape index (κ1) is 9.14. The summed E-state index contributed by atoms with van der Waals surface area (Å²) in [6, 6.07) is 6.18. The van der Waals surface area contributed by atoms with E-state index in [-0.39, 0.29) is 0 Å². The van der Waals surface area contributed by atoms with Gasteiger partial charge in [0.25, 0.3) is 0 Å². The average Bonchev–Trinajstić information content (AvgIpc) is 1.97. The number of nitrogens with zero attached hydrogens (tertiary/aromatic N) is 1. The van der Waals surface area contributed by atoms with Crippen LogP contribution >= 0.6 is 9.19 Å². The van der Waals surface area contributed by atoms with Crippen molar-refractivity contribution in [3.05, 3.63) is 29.3 Å². The van der Waals surface area contributed by atoms with Gasteiger partial charge in [-0.2, -0.15) is 0 Å². The van der Waals surface area contributed by atoms with Crippen molar-refractivity contribution in [2.24, 2.45) is 3.34 Å². The fraction of sp³-hybridized carbons (Fsp3) is 0.250. The molecule has 0 aromatic heterocycles. The summed E-state index contributed by atoms with van der Waals surface area (Å²) in [7, 11) is 5.69.